The molecule has 0 saturated carbocycles. The van der Waals surface area contributed by atoms with Crippen molar-refractivity contribution in [1.82, 2.24) is 4.90 Å². The Labute approximate surface area is 121 Å². The van der Waals surface area contributed by atoms with E-state index in [9.17, 15) is 14.4 Å². The second-order valence-electron chi connectivity index (χ2n) is 4.70. The molecule has 0 aromatic heterocycles. The van der Waals surface area contributed by atoms with Crippen molar-refractivity contribution in [3.05, 3.63) is 77.2 Å². The lowest BCUT2D eigenvalue weighted by atomic mass is 9.96. The number of carbonyl (C=O) groups excluding carboxylic acids is 1. The van der Waals surface area contributed by atoms with E-state index in [0.29, 0.717) is 5.56 Å². The van der Waals surface area contributed by atoms with Gasteiger partial charge in [-0.2, -0.15) is 5.26 Å². The third kappa shape index (κ3) is 2.30. The molecular formula is C17H11FN2O. The smallest absolute Gasteiger partial charge is 0.259 e. The zero-order valence-electron chi connectivity index (χ0n) is 11.0. The summed E-state index contributed by atoms with van der Waals surface area (Å²) in [6.07, 6.45) is 3.40. The summed E-state index contributed by atoms with van der Waals surface area (Å²) in [6, 6.07) is 14.2. The number of rotatable bonds is 1. The number of carbonyl (C=O) groups is 1. The van der Waals surface area contributed by atoms with Crippen LogP contribution in [0.15, 0.2) is 54.7 Å². The van der Waals surface area contributed by atoms with Crippen LogP contribution in [0.2, 0.25) is 0 Å². The van der Waals surface area contributed by atoms with Crippen LogP contribution in [0.25, 0.3) is 6.08 Å². The van der Waals surface area contributed by atoms with Crippen LogP contribution < -0.4 is 0 Å². The Kier molecular flexibility index (Phi) is 3.25. The Bertz CT molecular complexity index is 759. The molecule has 102 valence electrons. The van der Waals surface area contributed by atoms with Gasteiger partial charge in [0.15, 0.2) is 0 Å². The first-order valence-electron chi connectivity index (χ1n) is 6.45. The molecule has 0 aliphatic carbocycles. The monoisotopic (exact) mass is 278 g/mol. The number of amides is 1. The summed E-state index contributed by atoms with van der Waals surface area (Å²) in [6.45, 7) is 0. The summed E-state index contributed by atoms with van der Waals surface area (Å²) >= 11 is 0. The van der Waals surface area contributed by atoms with Gasteiger partial charge in [-0.3, -0.25) is 9.69 Å². The van der Waals surface area contributed by atoms with Gasteiger partial charge >= 0.3 is 0 Å². The lowest BCUT2D eigenvalue weighted by Gasteiger charge is -2.28. The molecule has 1 unspecified atom stereocenters. The number of halogens is 1. The Balaban J connectivity index is 1.98. The van der Waals surface area contributed by atoms with Crippen molar-refractivity contribution in [3.63, 3.8) is 0 Å². The molecule has 1 aliphatic rings. The Morgan fingerprint density at radius 3 is 2.57 bits per heavy atom. The quantitative estimate of drug-likeness (QED) is 0.801. The molecule has 2 aromatic rings. The molecule has 3 rings (SSSR count). The fourth-order valence-electron chi connectivity index (χ4n) is 2.37. The molecule has 3 nitrogen and oxygen atoms in total. The van der Waals surface area contributed by atoms with Gasteiger partial charge in [-0.25, -0.2) is 4.39 Å². The van der Waals surface area contributed by atoms with Gasteiger partial charge in [0, 0.05) is 11.8 Å². The number of nitriles is 1. The van der Waals surface area contributed by atoms with Crippen molar-refractivity contribution in [2.24, 2.45) is 0 Å². The molecule has 1 amide bonds. The molecule has 0 spiro atoms. The van der Waals surface area contributed by atoms with Crippen LogP contribution in [0.3, 0.4) is 0 Å². The van der Waals surface area contributed by atoms with Crippen molar-refractivity contribution >= 4 is 12.0 Å². The van der Waals surface area contributed by atoms with Crippen molar-refractivity contribution < 1.29 is 9.18 Å². The summed E-state index contributed by atoms with van der Waals surface area (Å²) in [5, 5.41) is 9.41. The zero-order valence-corrected chi connectivity index (χ0v) is 11.0. The predicted octanol–water partition coefficient (Wildman–Crippen LogP) is 3.52. The number of fused-ring (bicyclic) bond motifs is 1. The topological polar surface area (TPSA) is 44.1 Å². The summed E-state index contributed by atoms with van der Waals surface area (Å²) in [4.78, 5) is 13.9. The lowest BCUT2D eigenvalue weighted by molar-refractivity contribution is 0.0794. The highest BCUT2D eigenvalue weighted by molar-refractivity contribution is 5.96. The van der Waals surface area contributed by atoms with Crippen molar-refractivity contribution in [2.75, 3.05) is 0 Å². The highest BCUT2D eigenvalue weighted by Crippen LogP contribution is 2.30. The first-order valence-corrected chi connectivity index (χ1v) is 6.45. The number of benzene rings is 2. The highest BCUT2D eigenvalue weighted by atomic mass is 19.1. The van der Waals surface area contributed by atoms with Gasteiger partial charge in [0.05, 0.1) is 6.07 Å². The summed E-state index contributed by atoms with van der Waals surface area (Å²) in [7, 11) is 0. The van der Waals surface area contributed by atoms with E-state index in [-0.39, 0.29) is 5.91 Å². The third-order valence-corrected chi connectivity index (χ3v) is 3.43. The van der Waals surface area contributed by atoms with Crippen molar-refractivity contribution in [1.29, 1.82) is 5.26 Å². The first kappa shape index (κ1) is 13.1. The van der Waals surface area contributed by atoms with Gasteiger partial charge < -0.3 is 0 Å². The Morgan fingerprint density at radius 1 is 1.14 bits per heavy atom. The maximum absolute atomic E-state index is 12.9. The molecule has 1 atom stereocenters. The maximum atomic E-state index is 12.9. The molecule has 2 aromatic carbocycles. The average molecular weight is 278 g/mol. The largest absolute Gasteiger partial charge is 0.294 e. The second kappa shape index (κ2) is 5.22. The summed E-state index contributed by atoms with van der Waals surface area (Å²) < 4.78 is 12.9. The number of hydrogen-bond donors (Lipinski definition) is 0. The van der Waals surface area contributed by atoms with Crippen molar-refractivity contribution in [2.45, 2.75) is 6.04 Å². The lowest BCUT2D eigenvalue weighted by Crippen LogP contribution is -2.31. The molecule has 1 aliphatic heterocycles. The van der Waals surface area contributed by atoms with Crippen LogP contribution >= 0.6 is 0 Å². The Morgan fingerprint density at radius 2 is 1.86 bits per heavy atom. The van der Waals surface area contributed by atoms with E-state index >= 15 is 0 Å². The van der Waals surface area contributed by atoms with Crippen LogP contribution in [0.4, 0.5) is 4.39 Å². The van der Waals surface area contributed by atoms with Gasteiger partial charge in [0.2, 0.25) is 0 Å². The van der Waals surface area contributed by atoms with Gasteiger partial charge in [-0.15, -0.1) is 0 Å². The van der Waals surface area contributed by atoms with E-state index in [0.717, 1.165) is 11.1 Å². The van der Waals surface area contributed by atoms with Gasteiger partial charge in [0.1, 0.15) is 11.9 Å². The molecular weight excluding hydrogens is 267 g/mol. The standard InChI is InChI=1S/C17H11FN2O/c18-14-7-5-13(6-8-14)17(21)20-10-9-12-3-1-2-4-15(12)16(20)11-19/h1-10,16H. The molecule has 0 bridgehead atoms. The maximum Gasteiger partial charge on any atom is 0.259 e. The predicted molar refractivity (Wildman–Crippen MR) is 76.4 cm³/mol. The van der Waals surface area contributed by atoms with Gasteiger partial charge in [-0.05, 0) is 41.5 Å². The zero-order chi connectivity index (χ0) is 14.8. The minimum absolute atomic E-state index is 0.327. The fourth-order valence-corrected chi connectivity index (χ4v) is 2.37. The molecule has 0 fully saturated rings. The molecule has 4 heteroatoms. The van der Waals surface area contributed by atoms with Gasteiger partial charge in [0.25, 0.3) is 5.91 Å². The van der Waals surface area contributed by atoms with Crippen LogP contribution in [0.5, 0.6) is 0 Å². The molecule has 21 heavy (non-hydrogen) atoms. The minimum Gasteiger partial charge on any atom is -0.294 e. The highest BCUT2D eigenvalue weighted by Gasteiger charge is 2.28. The van der Waals surface area contributed by atoms with E-state index in [1.54, 1.807) is 12.3 Å². The van der Waals surface area contributed by atoms with E-state index < -0.39 is 11.9 Å². The summed E-state index contributed by atoms with van der Waals surface area (Å²) in [5.74, 6) is -0.727. The van der Waals surface area contributed by atoms with E-state index in [1.165, 1.54) is 29.2 Å². The van der Waals surface area contributed by atoms with E-state index in [4.69, 9.17) is 0 Å². The third-order valence-electron chi connectivity index (χ3n) is 3.43. The normalized spacial score (nSPS) is 16.2. The average Bonchev–Trinajstić information content (AvgIpc) is 2.53. The van der Waals surface area contributed by atoms with Crippen LogP contribution in [0.1, 0.15) is 27.5 Å². The second-order valence-corrected chi connectivity index (χ2v) is 4.70. The molecule has 0 saturated heterocycles. The van der Waals surface area contributed by atoms with Crippen molar-refractivity contribution in [3.8, 4) is 6.07 Å². The number of hydrogen-bond acceptors (Lipinski definition) is 2. The first-order chi connectivity index (χ1) is 10.2. The minimum atomic E-state index is -0.677. The number of nitrogens with zero attached hydrogens (tertiary/aromatic N) is 2. The Hall–Kier alpha value is -2.93. The SMILES string of the molecule is N#CC1c2ccccc2C=CN1C(=O)c1ccc(F)cc1. The van der Waals surface area contributed by atoms with Gasteiger partial charge in [-0.1, -0.05) is 24.3 Å². The molecule has 0 N–H and O–H groups in total. The molecule has 1 heterocycles. The fraction of sp³-hybridized carbons (Fsp3) is 0.0588. The summed E-state index contributed by atoms with van der Waals surface area (Å²) in [5.41, 5.74) is 2.06. The van der Waals surface area contributed by atoms with Crippen LogP contribution in [-0.4, -0.2) is 10.8 Å². The van der Waals surface area contributed by atoms with Crippen LogP contribution in [-0.2, 0) is 0 Å². The molecule has 0 radical (unpaired) electrons. The van der Waals surface area contributed by atoms with E-state index in [2.05, 4.69) is 6.07 Å². The van der Waals surface area contributed by atoms with E-state index in [1.807, 2.05) is 24.3 Å². The van der Waals surface area contributed by atoms with Crippen LogP contribution in [0, 0.1) is 17.1 Å².